The molecule has 0 atom stereocenters. The van der Waals surface area contributed by atoms with Gasteiger partial charge in [0.05, 0.1) is 15.5 Å². The molecule has 0 aliphatic rings. The zero-order valence-electron chi connectivity index (χ0n) is 10.9. The Morgan fingerprint density at radius 3 is 2.55 bits per heavy atom. The van der Waals surface area contributed by atoms with Crippen LogP contribution >= 0.6 is 11.6 Å². The molecule has 0 aliphatic carbocycles. The van der Waals surface area contributed by atoms with Crippen molar-refractivity contribution in [3.05, 3.63) is 58.9 Å². The van der Waals surface area contributed by atoms with Crippen LogP contribution in [0, 0.1) is 0 Å². The predicted molar refractivity (Wildman–Crippen MR) is 74.7 cm³/mol. The van der Waals surface area contributed by atoms with Gasteiger partial charge in [0.25, 0.3) is 0 Å². The molecule has 0 fully saturated rings. The first-order chi connectivity index (χ1) is 10.2. The van der Waals surface area contributed by atoms with Crippen LogP contribution in [-0.2, 0) is 22.7 Å². The summed E-state index contributed by atoms with van der Waals surface area (Å²) in [5.74, 6) is 0. The quantitative estimate of drug-likeness (QED) is 0.921. The number of halogens is 4. The fraction of sp³-hybridized carbons (Fsp3) is 0.154. The number of hydrogen-bond acceptors (Lipinski definition) is 3. The van der Waals surface area contributed by atoms with Gasteiger partial charge in [-0.05, 0) is 29.8 Å². The highest BCUT2D eigenvalue weighted by Gasteiger charge is 2.34. The Balaban J connectivity index is 2.26. The number of rotatable bonds is 4. The Bertz CT molecular complexity index is 765. The molecule has 2 aromatic rings. The third-order valence-electron chi connectivity index (χ3n) is 2.74. The lowest BCUT2D eigenvalue weighted by molar-refractivity contribution is -0.137. The standard InChI is InChI=1S/C13H10ClF3N2O2S/c14-12-4-3-10(6-11(12)13(15,16)17)22(20,21)19-8-9-2-1-5-18-7-9/h1-7,19H,8H2. The van der Waals surface area contributed by atoms with E-state index in [0.717, 1.165) is 12.1 Å². The lowest BCUT2D eigenvalue weighted by atomic mass is 10.2. The average Bonchev–Trinajstić information content (AvgIpc) is 2.45. The Hall–Kier alpha value is -1.64. The minimum atomic E-state index is -4.73. The molecule has 4 nitrogen and oxygen atoms in total. The molecule has 9 heteroatoms. The first-order valence-corrected chi connectivity index (χ1v) is 7.81. The number of benzene rings is 1. The molecular formula is C13H10ClF3N2O2S. The minimum absolute atomic E-state index is 0.0832. The van der Waals surface area contributed by atoms with Gasteiger partial charge in [-0.3, -0.25) is 4.98 Å². The van der Waals surface area contributed by atoms with Crippen molar-refractivity contribution in [2.75, 3.05) is 0 Å². The van der Waals surface area contributed by atoms with Gasteiger partial charge in [-0.2, -0.15) is 13.2 Å². The molecule has 0 aliphatic heterocycles. The molecule has 0 unspecified atom stereocenters. The second-order valence-corrected chi connectivity index (χ2v) is 6.50. The second kappa shape index (κ2) is 6.23. The summed E-state index contributed by atoms with van der Waals surface area (Å²) in [4.78, 5) is 3.31. The van der Waals surface area contributed by atoms with Crippen molar-refractivity contribution in [2.24, 2.45) is 0 Å². The Kier molecular flexibility index (Phi) is 4.74. The van der Waals surface area contributed by atoms with E-state index in [2.05, 4.69) is 9.71 Å². The fourth-order valence-corrected chi connectivity index (χ4v) is 2.92. The van der Waals surface area contributed by atoms with Gasteiger partial charge in [0.1, 0.15) is 0 Å². The molecule has 1 N–H and O–H groups in total. The lowest BCUT2D eigenvalue weighted by Crippen LogP contribution is -2.23. The second-order valence-electron chi connectivity index (χ2n) is 4.33. The normalized spacial score (nSPS) is 12.4. The highest BCUT2D eigenvalue weighted by atomic mass is 35.5. The van der Waals surface area contributed by atoms with E-state index in [1.165, 1.54) is 12.4 Å². The first kappa shape index (κ1) is 16.7. The van der Waals surface area contributed by atoms with Crippen LogP contribution in [-0.4, -0.2) is 13.4 Å². The summed E-state index contributed by atoms with van der Waals surface area (Å²) in [7, 11) is -4.09. The van der Waals surface area contributed by atoms with Crippen molar-refractivity contribution in [3.63, 3.8) is 0 Å². The van der Waals surface area contributed by atoms with Crippen LogP contribution < -0.4 is 4.72 Å². The highest BCUT2D eigenvalue weighted by Crippen LogP contribution is 2.35. The van der Waals surface area contributed by atoms with Gasteiger partial charge >= 0.3 is 6.18 Å². The summed E-state index contributed by atoms with van der Waals surface area (Å²) in [6.07, 6.45) is -1.76. The number of hydrogen-bond donors (Lipinski definition) is 1. The summed E-state index contributed by atoms with van der Waals surface area (Å²) in [6.45, 7) is -0.0832. The third-order valence-corrected chi connectivity index (χ3v) is 4.47. The van der Waals surface area contributed by atoms with Gasteiger partial charge in [-0.1, -0.05) is 17.7 Å². The van der Waals surface area contributed by atoms with E-state index in [1.54, 1.807) is 12.1 Å². The SMILES string of the molecule is O=S(=O)(NCc1cccnc1)c1ccc(Cl)c(C(F)(F)F)c1. The molecule has 0 radical (unpaired) electrons. The van der Waals surface area contributed by atoms with E-state index in [9.17, 15) is 21.6 Å². The largest absolute Gasteiger partial charge is 0.417 e. The monoisotopic (exact) mass is 350 g/mol. The van der Waals surface area contributed by atoms with E-state index in [0.29, 0.717) is 11.6 Å². The predicted octanol–water partition coefficient (Wildman–Crippen LogP) is 3.23. The van der Waals surface area contributed by atoms with Crippen LogP contribution in [0.4, 0.5) is 13.2 Å². The van der Waals surface area contributed by atoms with Crippen LogP contribution in [0.1, 0.15) is 11.1 Å². The summed E-state index contributed by atoms with van der Waals surface area (Å²) >= 11 is 5.46. The summed E-state index contributed by atoms with van der Waals surface area (Å²) < 4.78 is 64.6. The number of alkyl halides is 3. The Morgan fingerprint density at radius 1 is 1.23 bits per heavy atom. The Morgan fingerprint density at radius 2 is 1.95 bits per heavy atom. The van der Waals surface area contributed by atoms with Crippen LogP contribution in [0.15, 0.2) is 47.6 Å². The Labute approximate surface area is 130 Å². The molecule has 1 heterocycles. The molecule has 0 saturated heterocycles. The molecule has 22 heavy (non-hydrogen) atoms. The highest BCUT2D eigenvalue weighted by molar-refractivity contribution is 7.89. The first-order valence-electron chi connectivity index (χ1n) is 5.95. The van der Waals surface area contributed by atoms with Gasteiger partial charge < -0.3 is 0 Å². The smallest absolute Gasteiger partial charge is 0.264 e. The molecule has 2 rings (SSSR count). The molecule has 118 valence electrons. The minimum Gasteiger partial charge on any atom is -0.264 e. The number of nitrogens with one attached hydrogen (secondary N) is 1. The third kappa shape index (κ3) is 3.96. The molecule has 1 aromatic heterocycles. The number of sulfonamides is 1. The maximum absolute atomic E-state index is 12.8. The fourth-order valence-electron chi connectivity index (χ4n) is 1.65. The molecule has 0 saturated carbocycles. The van der Waals surface area contributed by atoms with Crippen LogP contribution in [0.5, 0.6) is 0 Å². The number of nitrogens with zero attached hydrogens (tertiary/aromatic N) is 1. The van der Waals surface area contributed by atoms with Crippen LogP contribution in [0.25, 0.3) is 0 Å². The van der Waals surface area contributed by atoms with Crippen molar-refractivity contribution in [1.29, 1.82) is 0 Å². The zero-order valence-corrected chi connectivity index (χ0v) is 12.5. The molecule has 0 spiro atoms. The van der Waals surface area contributed by atoms with E-state index in [1.807, 2.05) is 0 Å². The van der Waals surface area contributed by atoms with Gasteiger partial charge in [-0.25, -0.2) is 13.1 Å². The maximum atomic E-state index is 12.8. The zero-order chi connectivity index (χ0) is 16.4. The van der Waals surface area contributed by atoms with Gasteiger partial charge in [-0.15, -0.1) is 0 Å². The lowest BCUT2D eigenvalue weighted by Gasteiger charge is -2.12. The molecule has 0 amide bonds. The van der Waals surface area contributed by atoms with Crippen molar-refractivity contribution < 1.29 is 21.6 Å². The molecule has 0 bridgehead atoms. The number of aromatic nitrogens is 1. The molecular weight excluding hydrogens is 341 g/mol. The van der Waals surface area contributed by atoms with Crippen molar-refractivity contribution >= 4 is 21.6 Å². The van der Waals surface area contributed by atoms with E-state index in [4.69, 9.17) is 11.6 Å². The van der Waals surface area contributed by atoms with Crippen molar-refractivity contribution in [3.8, 4) is 0 Å². The maximum Gasteiger partial charge on any atom is 0.417 e. The van der Waals surface area contributed by atoms with E-state index in [-0.39, 0.29) is 6.54 Å². The van der Waals surface area contributed by atoms with Crippen LogP contribution in [0.2, 0.25) is 5.02 Å². The van der Waals surface area contributed by atoms with Crippen molar-refractivity contribution in [1.82, 2.24) is 9.71 Å². The van der Waals surface area contributed by atoms with E-state index >= 15 is 0 Å². The van der Waals surface area contributed by atoms with Gasteiger partial charge in [0.2, 0.25) is 10.0 Å². The average molecular weight is 351 g/mol. The summed E-state index contributed by atoms with van der Waals surface area (Å²) in [5, 5.41) is -0.557. The van der Waals surface area contributed by atoms with Gasteiger partial charge in [0.15, 0.2) is 0 Å². The van der Waals surface area contributed by atoms with Crippen LogP contribution in [0.3, 0.4) is 0 Å². The number of pyridine rings is 1. The van der Waals surface area contributed by atoms with E-state index < -0.39 is 31.7 Å². The summed E-state index contributed by atoms with van der Waals surface area (Å²) in [6, 6.07) is 5.69. The summed E-state index contributed by atoms with van der Waals surface area (Å²) in [5.41, 5.74) is -0.616. The van der Waals surface area contributed by atoms with Gasteiger partial charge in [0, 0.05) is 18.9 Å². The molecule has 1 aromatic carbocycles. The van der Waals surface area contributed by atoms with Crippen molar-refractivity contribution in [2.45, 2.75) is 17.6 Å². The topological polar surface area (TPSA) is 59.1 Å².